The van der Waals surface area contributed by atoms with E-state index in [1.165, 1.54) is 11.8 Å². The van der Waals surface area contributed by atoms with E-state index in [2.05, 4.69) is 15.4 Å². The van der Waals surface area contributed by atoms with Crippen molar-refractivity contribution >= 4 is 22.7 Å². The largest absolute Gasteiger partial charge is 0.342 e. The highest BCUT2D eigenvalue weighted by molar-refractivity contribution is 5.88. The number of rotatable bonds is 5. The van der Waals surface area contributed by atoms with E-state index in [-0.39, 0.29) is 24.8 Å². The van der Waals surface area contributed by atoms with E-state index < -0.39 is 30.1 Å². The van der Waals surface area contributed by atoms with E-state index in [1.54, 1.807) is 30.1 Å². The molecule has 2 aromatic heterocycles. The summed E-state index contributed by atoms with van der Waals surface area (Å²) in [5.74, 6) is -1.52. The van der Waals surface area contributed by atoms with Gasteiger partial charge >= 0.3 is 0 Å². The summed E-state index contributed by atoms with van der Waals surface area (Å²) in [6.45, 7) is 4.95. The standard InChI is InChI=1S/C24H27F2N5O2/c1-13(2)18-7-8-19(28-23(18)26)22(15-5-6-16-11-27-30(4)20(16)9-15)29-24(33)21-10-17(25)12-31(21)14(3)32/h5-9,11,13,17,21-22H,10,12H2,1-4H3,(H,29,33)/t17-,21+,22?/m1/s1. The first kappa shape index (κ1) is 22.8. The van der Waals surface area contributed by atoms with Crippen LogP contribution in [0.1, 0.15) is 56.0 Å². The molecule has 33 heavy (non-hydrogen) atoms. The normalized spacial score (nSPS) is 19.3. The molecule has 1 saturated heterocycles. The minimum atomic E-state index is -1.27. The Hall–Kier alpha value is -3.36. The lowest BCUT2D eigenvalue weighted by Crippen LogP contribution is -2.46. The monoisotopic (exact) mass is 455 g/mol. The van der Waals surface area contributed by atoms with Crippen molar-refractivity contribution in [3.8, 4) is 0 Å². The van der Waals surface area contributed by atoms with Gasteiger partial charge in [-0.2, -0.15) is 9.49 Å². The van der Waals surface area contributed by atoms with Gasteiger partial charge in [0, 0.05) is 31.3 Å². The van der Waals surface area contributed by atoms with E-state index in [9.17, 15) is 18.4 Å². The van der Waals surface area contributed by atoms with Gasteiger partial charge < -0.3 is 10.2 Å². The molecule has 0 aliphatic carbocycles. The number of fused-ring (bicyclic) bond motifs is 1. The average molecular weight is 456 g/mol. The van der Waals surface area contributed by atoms with Crippen LogP contribution >= 0.6 is 0 Å². The van der Waals surface area contributed by atoms with Crippen molar-refractivity contribution in [2.45, 2.75) is 51.4 Å². The van der Waals surface area contributed by atoms with Gasteiger partial charge in [0.05, 0.1) is 30.0 Å². The number of alkyl halides is 1. The van der Waals surface area contributed by atoms with Crippen LogP contribution in [0, 0.1) is 5.95 Å². The number of benzene rings is 1. The number of amides is 2. The predicted octanol–water partition coefficient (Wildman–Crippen LogP) is 3.40. The number of nitrogens with zero attached hydrogens (tertiary/aromatic N) is 4. The predicted molar refractivity (Wildman–Crippen MR) is 120 cm³/mol. The summed E-state index contributed by atoms with van der Waals surface area (Å²) in [4.78, 5) is 30.5. The van der Waals surface area contributed by atoms with E-state index in [4.69, 9.17) is 0 Å². The third kappa shape index (κ3) is 4.44. The topological polar surface area (TPSA) is 80.1 Å². The molecule has 0 radical (unpaired) electrons. The summed E-state index contributed by atoms with van der Waals surface area (Å²) in [5, 5.41) is 8.05. The van der Waals surface area contributed by atoms with Crippen LogP contribution in [0.4, 0.5) is 8.78 Å². The fourth-order valence-corrected chi connectivity index (χ4v) is 4.34. The Morgan fingerprint density at radius 2 is 1.97 bits per heavy atom. The Balaban J connectivity index is 1.74. The number of carbonyl (C=O) groups excluding carboxylic acids is 2. The lowest BCUT2D eigenvalue weighted by molar-refractivity contribution is -0.137. The van der Waals surface area contributed by atoms with Crippen molar-refractivity contribution < 1.29 is 18.4 Å². The molecule has 4 rings (SSSR count). The van der Waals surface area contributed by atoms with Gasteiger partial charge in [-0.25, -0.2) is 9.37 Å². The molecule has 1 aliphatic rings. The molecule has 0 spiro atoms. The summed E-state index contributed by atoms with van der Waals surface area (Å²) in [6.07, 6.45) is 0.384. The van der Waals surface area contributed by atoms with Crippen LogP contribution in [-0.4, -0.2) is 50.2 Å². The Bertz CT molecular complexity index is 1210. The first-order valence-electron chi connectivity index (χ1n) is 10.9. The molecular formula is C24H27F2N5O2. The number of hydrogen-bond donors (Lipinski definition) is 1. The maximum absolute atomic E-state index is 14.8. The number of carbonyl (C=O) groups is 2. The second-order valence-corrected chi connectivity index (χ2v) is 8.82. The van der Waals surface area contributed by atoms with Crippen molar-refractivity contribution in [1.82, 2.24) is 25.0 Å². The molecule has 1 aliphatic heterocycles. The molecule has 2 amide bonds. The van der Waals surface area contributed by atoms with Crippen LogP contribution in [0.3, 0.4) is 0 Å². The zero-order valence-electron chi connectivity index (χ0n) is 19.0. The van der Waals surface area contributed by atoms with Gasteiger partial charge in [-0.05, 0) is 23.6 Å². The van der Waals surface area contributed by atoms with Gasteiger partial charge in [-0.1, -0.05) is 32.0 Å². The van der Waals surface area contributed by atoms with Crippen molar-refractivity contribution in [3.63, 3.8) is 0 Å². The first-order chi connectivity index (χ1) is 15.7. The zero-order chi connectivity index (χ0) is 23.9. The van der Waals surface area contributed by atoms with Crippen molar-refractivity contribution in [2.24, 2.45) is 7.05 Å². The summed E-state index contributed by atoms with van der Waals surface area (Å²) in [7, 11) is 1.81. The van der Waals surface area contributed by atoms with Crippen LogP contribution in [0.25, 0.3) is 10.9 Å². The molecule has 0 saturated carbocycles. The molecule has 1 N–H and O–H groups in total. The summed E-state index contributed by atoms with van der Waals surface area (Å²) >= 11 is 0. The number of halogens is 2. The third-order valence-corrected chi connectivity index (χ3v) is 6.17. The molecule has 9 heteroatoms. The van der Waals surface area contributed by atoms with Crippen LogP contribution < -0.4 is 5.32 Å². The number of pyridine rings is 1. The van der Waals surface area contributed by atoms with Gasteiger partial charge in [0.2, 0.25) is 17.8 Å². The van der Waals surface area contributed by atoms with Crippen LogP contribution in [0.5, 0.6) is 0 Å². The number of nitrogens with one attached hydrogen (secondary N) is 1. The first-order valence-corrected chi connectivity index (χ1v) is 10.9. The Morgan fingerprint density at radius 3 is 2.64 bits per heavy atom. The average Bonchev–Trinajstić information content (AvgIpc) is 3.34. The minimum absolute atomic E-state index is 0.0468. The smallest absolute Gasteiger partial charge is 0.243 e. The second-order valence-electron chi connectivity index (χ2n) is 8.82. The zero-order valence-corrected chi connectivity index (χ0v) is 19.0. The minimum Gasteiger partial charge on any atom is -0.342 e. The molecule has 3 aromatic rings. The highest BCUT2D eigenvalue weighted by Crippen LogP contribution is 2.28. The molecule has 1 aromatic carbocycles. The highest BCUT2D eigenvalue weighted by Gasteiger charge is 2.39. The molecule has 3 heterocycles. The fourth-order valence-electron chi connectivity index (χ4n) is 4.34. The van der Waals surface area contributed by atoms with Crippen LogP contribution in [0.15, 0.2) is 36.5 Å². The Morgan fingerprint density at radius 1 is 1.21 bits per heavy atom. The molecule has 174 valence electrons. The number of aromatic nitrogens is 3. The molecular weight excluding hydrogens is 428 g/mol. The molecule has 1 fully saturated rings. The van der Waals surface area contributed by atoms with Gasteiger partial charge in [0.1, 0.15) is 12.2 Å². The maximum atomic E-state index is 14.8. The lowest BCUT2D eigenvalue weighted by Gasteiger charge is -2.26. The Kier molecular flexibility index (Phi) is 6.14. The van der Waals surface area contributed by atoms with Gasteiger partial charge in [-0.15, -0.1) is 0 Å². The third-order valence-electron chi connectivity index (χ3n) is 6.17. The summed E-state index contributed by atoms with van der Waals surface area (Å²) in [5.41, 5.74) is 2.30. The van der Waals surface area contributed by atoms with Crippen molar-refractivity contribution in [2.75, 3.05) is 6.54 Å². The molecule has 1 unspecified atom stereocenters. The van der Waals surface area contributed by atoms with Crippen molar-refractivity contribution in [1.29, 1.82) is 0 Å². The summed E-state index contributed by atoms with van der Waals surface area (Å²) < 4.78 is 30.5. The number of likely N-dealkylation sites (tertiary alicyclic amines) is 1. The van der Waals surface area contributed by atoms with E-state index in [0.29, 0.717) is 16.8 Å². The summed E-state index contributed by atoms with van der Waals surface area (Å²) in [6, 6.07) is 7.18. The highest BCUT2D eigenvalue weighted by atomic mass is 19.1. The second kappa shape index (κ2) is 8.88. The molecule has 0 bridgehead atoms. The number of hydrogen-bond acceptors (Lipinski definition) is 4. The van der Waals surface area contributed by atoms with Gasteiger partial charge in [-0.3, -0.25) is 14.3 Å². The van der Waals surface area contributed by atoms with E-state index in [0.717, 1.165) is 10.9 Å². The molecule has 7 nitrogen and oxygen atoms in total. The fraction of sp³-hybridized carbons (Fsp3) is 0.417. The Labute approximate surface area is 190 Å². The van der Waals surface area contributed by atoms with Crippen LogP contribution in [-0.2, 0) is 16.6 Å². The van der Waals surface area contributed by atoms with E-state index in [1.807, 2.05) is 32.0 Å². The van der Waals surface area contributed by atoms with Gasteiger partial charge in [0.15, 0.2) is 0 Å². The lowest BCUT2D eigenvalue weighted by atomic mass is 9.98. The van der Waals surface area contributed by atoms with Gasteiger partial charge in [0.25, 0.3) is 0 Å². The SMILES string of the molecule is CC(=O)N1C[C@H](F)C[C@H]1C(=O)NC(c1ccc2cnn(C)c2c1)c1ccc(C(C)C)c(F)n1. The van der Waals surface area contributed by atoms with Crippen molar-refractivity contribution in [3.05, 3.63) is 59.3 Å². The maximum Gasteiger partial charge on any atom is 0.243 e. The molecule has 3 atom stereocenters. The van der Waals surface area contributed by atoms with Crippen LogP contribution in [0.2, 0.25) is 0 Å². The van der Waals surface area contributed by atoms with E-state index >= 15 is 0 Å². The quantitative estimate of drug-likeness (QED) is 0.598. The number of aryl methyl sites for hydroxylation is 1.